The summed E-state index contributed by atoms with van der Waals surface area (Å²) in [6, 6.07) is 13.4. The fraction of sp³-hybridized carbons (Fsp3) is 0.167. The molecule has 0 saturated carbocycles. The Kier molecular flexibility index (Phi) is 5.28. The lowest BCUT2D eigenvalue weighted by molar-refractivity contribution is 0.0955. The molecule has 2 aromatic heterocycles. The molecule has 2 N–H and O–H groups in total. The van der Waals surface area contributed by atoms with Crippen LogP contribution in [0.5, 0.6) is 5.75 Å². The molecule has 8 heteroatoms. The number of hydrogen-bond acceptors (Lipinski definition) is 6. The van der Waals surface area contributed by atoms with Crippen LogP contribution in [0.25, 0.3) is 15.9 Å². The molecule has 0 aliphatic heterocycles. The molecule has 0 spiro atoms. The predicted octanol–water partition coefficient (Wildman–Crippen LogP) is 3.80. The molecule has 5 rings (SSSR count). The number of rotatable bonds is 4. The molecule has 32 heavy (non-hydrogen) atoms. The van der Waals surface area contributed by atoms with Crippen molar-refractivity contribution in [2.24, 2.45) is 5.10 Å². The van der Waals surface area contributed by atoms with E-state index in [9.17, 15) is 14.7 Å². The topological polar surface area (TPSA) is 96.6 Å². The van der Waals surface area contributed by atoms with Gasteiger partial charge in [0, 0.05) is 10.4 Å². The number of hydrazone groups is 1. The number of phenols is 1. The van der Waals surface area contributed by atoms with Crippen molar-refractivity contribution in [2.45, 2.75) is 25.7 Å². The third kappa shape index (κ3) is 3.80. The van der Waals surface area contributed by atoms with Crippen LogP contribution in [-0.2, 0) is 12.8 Å². The Balaban J connectivity index is 1.42. The molecule has 0 unspecified atom stereocenters. The number of nitrogens with zero attached hydrogens (tertiary/aromatic N) is 3. The van der Waals surface area contributed by atoms with E-state index >= 15 is 0 Å². The molecule has 0 fully saturated rings. The van der Waals surface area contributed by atoms with Crippen LogP contribution < -0.4 is 11.0 Å². The molecule has 1 amide bonds. The van der Waals surface area contributed by atoms with Gasteiger partial charge in [-0.3, -0.25) is 14.2 Å². The Morgan fingerprint density at radius 3 is 2.88 bits per heavy atom. The Hall–Kier alpha value is -3.78. The van der Waals surface area contributed by atoms with Gasteiger partial charge in [0.05, 0.1) is 17.3 Å². The van der Waals surface area contributed by atoms with Crippen LogP contribution in [0.2, 0.25) is 0 Å². The number of aryl methyl sites for hydroxylation is 2. The van der Waals surface area contributed by atoms with E-state index in [1.807, 2.05) is 0 Å². The zero-order valence-corrected chi connectivity index (χ0v) is 17.9. The van der Waals surface area contributed by atoms with Gasteiger partial charge < -0.3 is 5.11 Å². The van der Waals surface area contributed by atoms with Crippen molar-refractivity contribution in [3.8, 4) is 11.4 Å². The number of carbonyl (C=O) groups excluding carboxylic acids is 1. The van der Waals surface area contributed by atoms with Crippen molar-refractivity contribution >= 4 is 33.7 Å². The van der Waals surface area contributed by atoms with E-state index in [4.69, 9.17) is 0 Å². The minimum absolute atomic E-state index is 0.103. The van der Waals surface area contributed by atoms with Crippen LogP contribution in [-0.4, -0.2) is 26.8 Å². The second-order valence-electron chi connectivity index (χ2n) is 7.66. The van der Waals surface area contributed by atoms with E-state index in [0.717, 1.165) is 36.1 Å². The second-order valence-corrected chi connectivity index (χ2v) is 8.74. The summed E-state index contributed by atoms with van der Waals surface area (Å²) in [5.41, 5.74) is 5.11. The van der Waals surface area contributed by atoms with Gasteiger partial charge in [-0.15, -0.1) is 11.3 Å². The number of amides is 1. The summed E-state index contributed by atoms with van der Waals surface area (Å²) >= 11 is 1.61. The summed E-state index contributed by atoms with van der Waals surface area (Å²) in [5, 5.41) is 14.1. The maximum atomic E-state index is 13.3. The summed E-state index contributed by atoms with van der Waals surface area (Å²) in [6.45, 7) is 0. The van der Waals surface area contributed by atoms with E-state index < -0.39 is 5.91 Å². The highest BCUT2D eigenvalue weighted by molar-refractivity contribution is 7.18. The van der Waals surface area contributed by atoms with E-state index in [0.29, 0.717) is 22.2 Å². The number of benzene rings is 2. The van der Waals surface area contributed by atoms with Crippen molar-refractivity contribution in [3.05, 3.63) is 86.8 Å². The van der Waals surface area contributed by atoms with Crippen LogP contribution >= 0.6 is 11.3 Å². The largest absolute Gasteiger partial charge is 0.508 e. The highest BCUT2D eigenvalue weighted by Crippen LogP contribution is 2.33. The molecular weight excluding hydrogens is 424 g/mol. The maximum Gasteiger partial charge on any atom is 0.271 e. The average Bonchev–Trinajstić information content (AvgIpc) is 3.19. The van der Waals surface area contributed by atoms with E-state index in [1.165, 1.54) is 28.1 Å². The number of aromatic nitrogens is 2. The minimum atomic E-state index is -0.404. The first-order valence-corrected chi connectivity index (χ1v) is 11.2. The monoisotopic (exact) mass is 444 g/mol. The van der Waals surface area contributed by atoms with Crippen LogP contribution in [0.3, 0.4) is 0 Å². The minimum Gasteiger partial charge on any atom is -0.508 e. The van der Waals surface area contributed by atoms with E-state index in [1.54, 1.807) is 53.8 Å². The fourth-order valence-electron chi connectivity index (χ4n) is 3.96. The molecule has 7 nitrogen and oxygen atoms in total. The van der Waals surface area contributed by atoms with Crippen molar-refractivity contribution in [3.63, 3.8) is 0 Å². The first-order valence-electron chi connectivity index (χ1n) is 10.3. The molecule has 0 saturated heterocycles. The van der Waals surface area contributed by atoms with Gasteiger partial charge in [0.25, 0.3) is 11.5 Å². The lowest BCUT2D eigenvalue weighted by atomic mass is 9.97. The quantitative estimate of drug-likeness (QED) is 0.370. The zero-order valence-electron chi connectivity index (χ0n) is 17.1. The molecule has 1 aliphatic carbocycles. The van der Waals surface area contributed by atoms with Crippen molar-refractivity contribution in [1.29, 1.82) is 0 Å². The summed E-state index contributed by atoms with van der Waals surface area (Å²) in [6.07, 6.45) is 7.14. The number of carbonyl (C=O) groups is 1. The summed E-state index contributed by atoms with van der Waals surface area (Å²) in [4.78, 5) is 32.4. The number of phenolic OH excluding ortho intramolecular Hbond substituents is 1. The van der Waals surface area contributed by atoms with Gasteiger partial charge in [-0.25, -0.2) is 10.4 Å². The van der Waals surface area contributed by atoms with Crippen LogP contribution in [0, 0.1) is 0 Å². The molecule has 1 aliphatic rings. The molecule has 0 radical (unpaired) electrons. The van der Waals surface area contributed by atoms with Gasteiger partial charge in [-0.1, -0.05) is 18.2 Å². The number of fused-ring (bicyclic) bond motifs is 3. The average molecular weight is 445 g/mol. The maximum absolute atomic E-state index is 13.3. The first kappa shape index (κ1) is 20.1. The Bertz CT molecular complexity index is 1420. The van der Waals surface area contributed by atoms with Gasteiger partial charge in [0.15, 0.2) is 0 Å². The molecule has 2 aromatic carbocycles. The molecule has 4 aromatic rings. The van der Waals surface area contributed by atoms with E-state index in [2.05, 4.69) is 15.5 Å². The van der Waals surface area contributed by atoms with Gasteiger partial charge in [0.2, 0.25) is 0 Å². The molecule has 2 heterocycles. The number of aromatic hydroxyl groups is 1. The van der Waals surface area contributed by atoms with E-state index in [-0.39, 0.29) is 11.3 Å². The molecular formula is C24H20N4O3S. The standard InChI is InChI=1S/C24H20N4O3S/c29-18-8-3-5-15(11-18)13-26-27-22(30)16-6-4-7-17(12-16)28-14-25-23-21(24(28)31)19-9-1-2-10-20(19)32-23/h3-8,11-14,29H,1-2,9-10H2,(H,27,30)/b26-13+. The predicted molar refractivity (Wildman–Crippen MR) is 125 cm³/mol. The lowest BCUT2D eigenvalue weighted by Crippen LogP contribution is -2.21. The Morgan fingerprint density at radius 1 is 1.16 bits per heavy atom. The third-order valence-corrected chi connectivity index (χ3v) is 6.71. The lowest BCUT2D eigenvalue weighted by Gasteiger charge is -2.11. The van der Waals surface area contributed by atoms with Crippen LogP contribution in [0.15, 0.2) is 64.8 Å². The van der Waals surface area contributed by atoms with Crippen molar-refractivity contribution in [2.75, 3.05) is 0 Å². The third-order valence-electron chi connectivity index (χ3n) is 5.51. The molecule has 160 valence electrons. The van der Waals surface area contributed by atoms with Crippen molar-refractivity contribution in [1.82, 2.24) is 15.0 Å². The second kappa shape index (κ2) is 8.39. The first-order chi connectivity index (χ1) is 15.6. The highest BCUT2D eigenvalue weighted by atomic mass is 32.1. The highest BCUT2D eigenvalue weighted by Gasteiger charge is 2.20. The summed E-state index contributed by atoms with van der Waals surface area (Å²) < 4.78 is 1.50. The van der Waals surface area contributed by atoms with Gasteiger partial charge in [0.1, 0.15) is 16.9 Å². The van der Waals surface area contributed by atoms with Gasteiger partial charge >= 0.3 is 0 Å². The number of thiophene rings is 1. The fourth-order valence-corrected chi connectivity index (χ4v) is 5.18. The Labute approximate surface area is 187 Å². The van der Waals surface area contributed by atoms with Gasteiger partial charge in [-0.05, 0) is 67.1 Å². The zero-order chi connectivity index (χ0) is 22.1. The SMILES string of the molecule is O=C(N/N=C/c1cccc(O)c1)c1cccc(-n2cnc3sc4c(c3c2=O)CCCC4)c1. The summed E-state index contributed by atoms with van der Waals surface area (Å²) in [5.74, 6) is -0.283. The Morgan fingerprint density at radius 2 is 2.00 bits per heavy atom. The summed E-state index contributed by atoms with van der Waals surface area (Å²) in [7, 11) is 0. The van der Waals surface area contributed by atoms with Crippen molar-refractivity contribution < 1.29 is 9.90 Å². The number of hydrogen-bond donors (Lipinski definition) is 2. The molecule has 0 atom stereocenters. The van der Waals surface area contributed by atoms with Gasteiger partial charge in [-0.2, -0.15) is 5.10 Å². The smallest absolute Gasteiger partial charge is 0.271 e. The molecule has 0 bridgehead atoms. The van der Waals surface area contributed by atoms with Crippen LogP contribution in [0.1, 0.15) is 39.2 Å². The van der Waals surface area contributed by atoms with Crippen LogP contribution in [0.4, 0.5) is 0 Å². The normalized spacial score (nSPS) is 13.4. The number of nitrogens with one attached hydrogen (secondary N) is 1.